The van der Waals surface area contributed by atoms with Crippen LogP contribution < -0.4 is 5.56 Å². The van der Waals surface area contributed by atoms with E-state index in [4.69, 9.17) is 0 Å². The number of nitrogens with zero attached hydrogens (tertiary/aromatic N) is 3. The average Bonchev–Trinajstić information content (AvgIpc) is 2.49. The maximum atomic E-state index is 12.2. The van der Waals surface area contributed by atoms with E-state index in [1.807, 2.05) is 25.3 Å². The second-order valence-corrected chi connectivity index (χ2v) is 5.82. The molecular weight excluding hydrogens is 266 g/mol. The van der Waals surface area contributed by atoms with Gasteiger partial charge in [0.2, 0.25) is 0 Å². The van der Waals surface area contributed by atoms with E-state index >= 15 is 0 Å². The summed E-state index contributed by atoms with van der Waals surface area (Å²) in [6.07, 6.45) is 5.13. The number of fused-ring (bicyclic) bond motifs is 1. The van der Waals surface area contributed by atoms with Gasteiger partial charge in [-0.15, -0.1) is 0 Å². The van der Waals surface area contributed by atoms with Crippen LogP contribution in [0, 0.1) is 6.92 Å². The molecule has 21 heavy (non-hydrogen) atoms. The van der Waals surface area contributed by atoms with Gasteiger partial charge in [-0.05, 0) is 37.9 Å². The Morgan fingerprint density at radius 1 is 1.38 bits per heavy atom. The van der Waals surface area contributed by atoms with Crippen LogP contribution in [0.1, 0.15) is 30.5 Å². The van der Waals surface area contributed by atoms with Crippen molar-refractivity contribution in [2.75, 3.05) is 13.2 Å². The lowest BCUT2D eigenvalue weighted by molar-refractivity contribution is 0.0831. The number of likely N-dealkylation sites (tertiary alicyclic amines) is 1. The molecule has 0 saturated carbocycles. The summed E-state index contributed by atoms with van der Waals surface area (Å²) in [7, 11) is 0. The van der Waals surface area contributed by atoms with Gasteiger partial charge in [-0.3, -0.25) is 14.1 Å². The van der Waals surface area contributed by atoms with Crippen molar-refractivity contribution in [1.29, 1.82) is 0 Å². The Hall–Kier alpha value is -1.72. The third-order valence-corrected chi connectivity index (χ3v) is 4.19. The maximum Gasteiger partial charge on any atom is 0.258 e. The molecule has 1 aliphatic heterocycles. The number of rotatable bonds is 3. The van der Waals surface area contributed by atoms with Gasteiger partial charge in [-0.2, -0.15) is 0 Å². The van der Waals surface area contributed by atoms with Gasteiger partial charge in [0.25, 0.3) is 5.56 Å². The van der Waals surface area contributed by atoms with Crippen LogP contribution in [-0.4, -0.2) is 38.6 Å². The molecule has 1 N–H and O–H groups in total. The Labute approximate surface area is 123 Å². The quantitative estimate of drug-likeness (QED) is 0.926. The highest BCUT2D eigenvalue weighted by molar-refractivity contribution is 5.39. The molecule has 0 aromatic carbocycles. The van der Waals surface area contributed by atoms with E-state index in [9.17, 15) is 9.90 Å². The highest BCUT2D eigenvalue weighted by Crippen LogP contribution is 2.18. The molecule has 112 valence electrons. The van der Waals surface area contributed by atoms with Crippen LogP contribution in [0.5, 0.6) is 0 Å². The van der Waals surface area contributed by atoms with Crippen molar-refractivity contribution >= 4 is 5.65 Å². The molecule has 0 radical (unpaired) electrons. The monoisotopic (exact) mass is 287 g/mol. The first-order valence-corrected chi connectivity index (χ1v) is 7.51. The van der Waals surface area contributed by atoms with E-state index in [0.717, 1.165) is 37.1 Å². The highest BCUT2D eigenvalue weighted by atomic mass is 16.3. The van der Waals surface area contributed by atoms with Crippen LogP contribution in [0.4, 0.5) is 0 Å². The van der Waals surface area contributed by atoms with Crippen LogP contribution >= 0.6 is 0 Å². The van der Waals surface area contributed by atoms with Gasteiger partial charge in [0, 0.05) is 24.8 Å². The maximum absolute atomic E-state index is 12.2. The Kier molecular flexibility index (Phi) is 4.03. The molecule has 0 amide bonds. The molecule has 3 heterocycles. The number of aliphatic hydroxyl groups is 1. The minimum absolute atomic E-state index is 0.0451. The summed E-state index contributed by atoms with van der Waals surface area (Å²) in [5.74, 6) is 0. The summed E-state index contributed by atoms with van der Waals surface area (Å²) >= 11 is 0. The lowest BCUT2D eigenvalue weighted by Gasteiger charge is -2.34. The van der Waals surface area contributed by atoms with E-state index in [0.29, 0.717) is 12.2 Å². The predicted molar refractivity (Wildman–Crippen MR) is 81.3 cm³/mol. The molecule has 1 unspecified atom stereocenters. The third kappa shape index (κ3) is 2.99. The molecule has 2 aromatic rings. The largest absolute Gasteiger partial charge is 0.395 e. The van der Waals surface area contributed by atoms with Crippen molar-refractivity contribution in [1.82, 2.24) is 14.3 Å². The van der Waals surface area contributed by atoms with Crippen LogP contribution in [0.2, 0.25) is 0 Å². The fraction of sp³-hybridized carbons (Fsp3) is 0.500. The molecule has 0 aliphatic carbocycles. The van der Waals surface area contributed by atoms with Gasteiger partial charge in [0.1, 0.15) is 5.65 Å². The van der Waals surface area contributed by atoms with Crippen LogP contribution in [0.15, 0.2) is 29.2 Å². The molecule has 1 aliphatic rings. The Balaban J connectivity index is 1.90. The Bertz CT molecular complexity index is 695. The number of aryl methyl sites for hydroxylation is 1. The molecule has 5 nitrogen and oxygen atoms in total. The summed E-state index contributed by atoms with van der Waals surface area (Å²) in [5, 5.41) is 9.47. The van der Waals surface area contributed by atoms with Crippen LogP contribution in [0.3, 0.4) is 0 Å². The van der Waals surface area contributed by atoms with Gasteiger partial charge in [-0.25, -0.2) is 4.98 Å². The average molecular weight is 287 g/mol. The van der Waals surface area contributed by atoms with Crippen molar-refractivity contribution in [3.8, 4) is 0 Å². The van der Waals surface area contributed by atoms with Crippen molar-refractivity contribution in [3.63, 3.8) is 0 Å². The molecule has 2 aromatic heterocycles. The minimum Gasteiger partial charge on any atom is -0.395 e. The molecular formula is C16H21N3O2. The molecule has 0 spiro atoms. The number of hydrogen-bond donors (Lipinski definition) is 1. The fourth-order valence-corrected chi connectivity index (χ4v) is 3.02. The zero-order valence-electron chi connectivity index (χ0n) is 12.3. The van der Waals surface area contributed by atoms with Gasteiger partial charge in [-0.1, -0.05) is 12.5 Å². The molecule has 1 saturated heterocycles. The van der Waals surface area contributed by atoms with E-state index in [2.05, 4.69) is 9.88 Å². The molecule has 0 bridgehead atoms. The number of piperidine rings is 1. The molecule has 1 fully saturated rings. The van der Waals surface area contributed by atoms with Crippen LogP contribution in [0.25, 0.3) is 5.65 Å². The fourth-order valence-electron chi connectivity index (χ4n) is 3.02. The zero-order valence-corrected chi connectivity index (χ0v) is 12.3. The Morgan fingerprint density at radius 3 is 3.05 bits per heavy atom. The number of pyridine rings is 1. The van der Waals surface area contributed by atoms with Gasteiger partial charge < -0.3 is 5.11 Å². The van der Waals surface area contributed by atoms with E-state index < -0.39 is 0 Å². The van der Waals surface area contributed by atoms with E-state index in [-0.39, 0.29) is 18.2 Å². The second kappa shape index (κ2) is 5.95. The second-order valence-electron chi connectivity index (χ2n) is 5.82. The lowest BCUT2D eigenvalue weighted by atomic mass is 10.0. The van der Waals surface area contributed by atoms with Gasteiger partial charge in [0.05, 0.1) is 12.3 Å². The standard InChI is InChI=1S/C16H21N3O2/c1-12-5-6-15-17-13(8-16(21)19(15)9-12)10-18-7-3-2-4-14(18)11-20/h5-6,8-9,14,20H,2-4,7,10-11H2,1H3. The minimum atomic E-state index is -0.0451. The normalized spacial score (nSPS) is 20.0. The van der Waals surface area contributed by atoms with Crippen molar-refractivity contribution in [2.45, 2.75) is 38.8 Å². The topological polar surface area (TPSA) is 57.8 Å². The zero-order chi connectivity index (χ0) is 14.8. The first-order valence-electron chi connectivity index (χ1n) is 7.51. The third-order valence-electron chi connectivity index (χ3n) is 4.19. The van der Waals surface area contributed by atoms with Gasteiger partial charge >= 0.3 is 0 Å². The van der Waals surface area contributed by atoms with Gasteiger partial charge in [0.15, 0.2) is 0 Å². The summed E-state index contributed by atoms with van der Waals surface area (Å²) in [6, 6.07) is 5.63. The summed E-state index contributed by atoms with van der Waals surface area (Å²) in [5.41, 5.74) is 2.46. The van der Waals surface area contributed by atoms with Crippen molar-refractivity contribution in [3.05, 3.63) is 46.0 Å². The SMILES string of the molecule is Cc1ccc2nc(CN3CCCCC3CO)cc(=O)n2c1. The lowest BCUT2D eigenvalue weighted by Crippen LogP contribution is -2.41. The summed E-state index contributed by atoms with van der Waals surface area (Å²) in [4.78, 5) is 19.0. The van der Waals surface area contributed by atoms with E-state index in [1.54, 1.807) is 10.5 Å². The van der Waals surface area contributed by atoms with Crippen LogP contribution in [-0.2, 0) is 6.54 Å². The first-order chi connectivity index (χ1) is 10.2. The smallest absolute Gasteiger partial charge is 0.258 e. The number of hydrogen-bond acceptors (Lipinski definition) is 4. The molecule has 1 atom stereocenters. The highest BCUT2D eigenvalue weighted by Gasteiger charge is 2.22. The molecule has 3 rings (SSSR count). The first kappa shape index (κ1) is 14.2. The Morgan fingerprint density at radius 2 is 2.24 bits per heavy atom. The number of aliphatic hydroxyl groups excluding tert-OH is 1. The van der Waals surface area contributed by atoms with Crippen molar-refractivity contribution in [2.24, 2.45) is 0 Å². The predicted octanol–water partition coefficient (Wildman–Crippen LogP) is 1.35. The molecule has 5 heteroatoms. The summed E-state index contributed by atoms with van der Waals surface area (Å²) in [6.45, 7) is 3.72. The number of aromatic nitrogens is 2. The summed E-state index contributed by atoms with van der Waals surface area (Å²) < 4.78 is 1.58. The van der Waals surface area contributed by atoms with Crippen molar-refractivity contribution < 1.29 is 5.11 Å². The van der Waals surface area contributed by atoms with E-state index in [1.165, 1.54) is 0 Å².